The van der Waals surface area contributed by atoms with E-state index in [-0.39, 0.29) is 0 Å². The summed E-state index contributed by atoms with van der Waals surface area (Å²) in [5.74, 6) is 0. The van der Waals surface area contributed by atoms with E-state index in [0.717, 1.165) is 19.5 Å². The van der Waals surface area contributed by atoms with Crippen LogP contribution in [-0.2, 0) is 13.1 Å². The van der Waals surface area contributed by atoms with Gasteiger partial charge in [-0.2, -0.15) is 0 Å². The number of rotatable bonds is 6. The minimum absolute atomic E-state index is 0.602. The predicted octanol–water partition coefficient (Wildman–Crippen LogP) is 4.18. The molecule has 0 saturated heterocycles. The van der Waals surface area contributed by atoms with Crippen molar-refractivity contribution in [3.05, 3.63) is 64.7 Å². The molecule has 0 saturated carbocycles. The van der Waals surface area contributed by atoms with Crippen LogP contribution >= 0.6 is 0 Å². The molecule has 2 aromatic carbocycles. The average molecular weight is 282 g/mol. The van der Waals surface area contributed by atoms with E-state index in [1.807, 2.05) is 0 Å². The molecule has 0 aromatic heterocycles. The molecule has 0 aliphatic heterocycles. The molecule has 0 heterocycles. The topological polar surface area (TPSA) is 29.3 Å². The van der Waals surface area contributed by atoms with E-state index in [0.29, 0.717) is 6.54 Å². The standard InChI is InChI=1S/C19H26N2/c1-4-11-21(19-9-7-17(13-20)8-10-19)14-18-12-15(2)5-6-16(18)3/h5-10,12H,4,11,13-14,20H2,1-3H3. The van der Waals surface area contributed by atoms with Gasteiger partial charge in [0.2, 0.25) is 0 Å². The van der Waals surface area contributed by atoms with E-state index in [2.05, 4.69) is 68.1 Å². The van der Waals surface area contributed by atoms with Crippen molar-refractivity contribution >= 4 is 5.69 Å². The second-order valence-electron chi connectivity index (χ2n) is 5.72. The maximum absolute atomic E-state index is 5.68. The van der Waals surface area contributed by atoms with Crippen LogP contribution < -0.4 is 10.6 Å². The molecule has 2 N–H and O–H groups in total. The van der Waals surface area contributed by atoms with Crippen molar-refractivity contribution in [2.24, 2.45) is 5.73 Å². The summed E-state index contributed by atoms with van der Waals surface area (Å²) >= 11 is 0. The summed E-state index contributed by atoms with van der Waals surface area (Å²) in [6, 6.07) is 15.3. The van der Waals surface area contributed by atoms with Gasteiger partial charge in [0.25, 0.3) is 0 Å². The van der Waals surface area contributed by atoms with Crippen molar-refractivity contribution in [1.29, 1.82) is 0 Å². The summed E-state index contributed by atoms with van der Waals surface area (Å²) in [6.45, 7) is 9.20. The van der Waals surface area contributed by atoms with Gasteiger partial charge in [-0.3, -0.25) is 0 Å². The molecule has 2 heteroatoms. The van der Waals surface area contributed by atoms with Crippen LogP contribution in [0.25, 0.3) is 0 Å². The zero-order chi connectivity index (χ0) is 15.2. The SMILES string of the molecule is CCCN(Cc1cc(C)ccc1C)c1ccc(CN)cc1. The first-order valence-electron chi connectivity index (χ1n) is 7.74. The number of anilines is 1. The summed E-state index contributed by atoms with van der Waals surface area (Å²) in [4.78, 5) is 2.45. The summed E-state index contributed by atoms with van der Waals surface area (Å²) in [7, 11) is 0. The lowest BCUT2D eigenvalue weighted by atomic mass is 10.0. The Bertz CT molecular complexity index is 573. The van der Waals surface area contributed by atoms with Gasteiger partial charge in [0.1, 0.15) is 0 Å². The average Bonchev–Trinajstić information content (AvgIpc) is 2.50. The minimum atomic E-state index is 0.602. The van der Waals surface area contributed by atoms with Gasteiger partial charge in [0.15, 0.2) is 0 Å². The fourth-order valence-electron chi connectivity index (χ4n) is 2.59. The Labute approximate surface area is 128 Å². The van der Waals surface area contributed by atoms with Gasteiger partial charge in [-0.05, 0) is 49.1 Å². The molecule has 0 fully saturated rings. The molecule has 0 unspecified atom stereocenters. The van der Waals surface area contributed by atoms with Crippen LogP contribution in [0.1, 0.15) is 35.6 Å². The van der Waals surface area contributed by atoms with E-state index in [4.69, 9.17) is 5.73 Å². The third kappa shape index (κ3) is 4.08. The quantitative estimate of drug-likeness (QED) is 0.861. The molecule has 112 valence electrons. The van der Waals surface area contributed by atoms with Crippen LogP contribution in [0, 0.1) is 13.8 Å². The van der Waals surface area contributed by atoms with Crippen molar-refractivity contribution in [2.45, 2.75) is 40.3 Å². The number of aryl methyl sites for hydroxylation is 2. The van der Waals surface area contributed by atoms with E-state index < -0.39 is 0 Å². The molecular weight excluding hydrogens is 256 g/mol. The Balaban J connectivity index is 2.23. The van der Waals surface area contributed by atoms with Crippen molar-refractivity contribution in [3.63, 3.8) is 0 Å². The molecule has 21 heavy (non-hydrogen) atoms. The normalized spacial score (nSPS) is 10.7. The Hall–Kier alpha value is -1.80. The van der Waals surface area contributed by atoms with Gasteiger partial charge in [-0.25, -0.2) is 0 Å². The van der Waals surface area contributed by atoms with Gasteiger partial charge in [0.05, 0.1) is 0 Å². The maximum Gasteiger partial charge on any atom is 0.0432 e. The van der Waals surface area contributed by atoms with E-state index in [9.17, 15) is 0 Å². The van der Waals surface area contributed by atoms with E-state index in [1.165, 1.54) is 27.9 Å². The number of nitrogens with zero attached hydrogens (tertiary/aromatic N) is 1. The first-order valence-corrected chi connectivity index (χ1v) is 7.74. The fourth-order valence-corrected chi connectivity index (χ4v) is 2.59. The van der Waals surface area contributed by atoms with Crippen molar-refractivity contribution in [1.82, 2.24) is 0 Å². The van der Waals surface area contributed by atoms with Crippen molar-refractivity contribution in [3.8, 4) is 0 Å². The molecule has 0 amide bonds. The molecule has 2 nitrogen and oxygen atoms in total. The molecule has 0 atom stereocenters. The molecule has 0 radical (unpaired) electrons. The maximum atomic E-state index is 5.68. The molecule has 0 aliphatic rings. The molecular formula is C19H26N2. The second-order valence-corrected chi connectivity index (χ2v) is 5.72. The Morgan fingerprint density at radius 2 is 1.71 bits per heavy atom. The smallest absolute Gasteiger partial charge is 0.0432 e. The largest absolute Gasteiger partial charge is 0.367 e. The minimum Gasteiger partial charge on any atom is -0.367 e. The highest BCUT2D eigenvalue weighted by Gasteiger charge is 2.08. The Morgan fingerprint density at radius 1 is 1.00 bits per heavy atom. The van der Waals surface area contributed by atoms with E-state index >= 15 is 0 Å². The number of benzene rings is 2. The molecule has 2 rings (SSSR count). The zero-order valence-corrected chi connectivity index (χ0v) is 13.4. The molecule has 2 aromatic rings. The zero-order valence-electron chi connectivity index (χ0n) is 13.4. The van der Waals surface area contributed by atoms with E-state index in [1.54, 1.807) is 0 Å². The van der Waals surface area contributed by atoms with Gasteiger partial charge >= 0.3 is 0 Å². The van der Waals surface area contributed by atoms with Crippen LogP contribution in [0.2, 0.25) is 0 Å². The van der Waals surface area contributed by atoms with Gasteiger partial charge in [-0.15, -0.1) is 0 Å². The lowest BCUT2D eigenvalue weighted by Crippen LogP contribution is -2.24. The number of nitrogens with two attached hydrogens (primary N) is 1. The Kier molecular flexibility index (Phi) is 5.40. The van der Waals surface area contributed by atoms with Gasteiger partial charge in [-0.1, -0.05) is 42.8 Å². The summed E-state index contributed by atoms with van der Waals surface area (Å²) in [5, 5.41) is 0. The van der Waals surface area contributed by atoms with Gasteiger partial charge < -0.3 is 10.6 Å². The fraction of sp³-hybridized carbons (Fsp3) is 0.368. The number of hydrogen-bond donors (Lipinski definition) is 1. The van der Waals surface area contributed by atoms with Crippen LogP contribution in [0.15, 0.2) is 42.5 Å². The molecule has 0 aliphatic carbocycles. The molecule has 0 bridgehead atoms. The highest BCUT2D eigenvalue weighted by molar-refractivity contribution is 5.49. The van der Waals surface area contributed by atoms with Crippen LogP contribution in [0.4, 0.5) is 5.69 Å². The summed E-state index contributed by atoms with van der Waals surface area (Å²) in [5.41, 5.74) is 12.2. The van der Waals surface area contributed by atoms with Crippen LogP contribution in [-0.4, -0.2) is 6.54 Å². The lowest BCUT2D eigenvalue weighted by Gasteiger charge is -2.25. The number of hydrogen-bond acceptors (Lipinski definition) is 2. The monoisotopic (exact) mass is 282 g/mol. The third-order valence-corrected chi connectivity index (χ3v) is 3.90. The molecule has 0 spiro atoms. The Morgan fingerprint density at radius 3 is 2.33 bits per heavy atom. The van der Waals surface area contributed by atoms with Crippen LogP contribution in [0.5, 0.6) is 0 Å². The third-order valence-electron chi connectivity index (χ3n) is 3.90. The lowest BCUT2D eigenvalue weighted by molar-refractivity contribution is 0.764. The summed E-state index contributed by atoms with van der Waals surface area (Å²) < 4.78 is 0. The summed E-state index contributed by atoms with van der Waals surface area (Å²) in [6.07, 6.45) is 1.14. The highest BCUT2D eigenvalue weighted by Crippen LogP contribution is 2.21. The second kappa shape index (κ2) is 7.28. The van der Waals surface area contributed by atoms with Gasteiger partial charge in [0, 0.05) is 25.3 Å². The highest BCUT2D eigenvalue weighted by atomic mass is 15.1. The van der Waals surface area contributed by atoms with Crippen molar-refractivity contribution in [2.75, 3.05) is 11.4 Å². The predicted molar refractivity (Wildman–Crippen MR) is 91.6 cm³/mol. The first-order chi connectivity index (χ1) is 10.1. The van der Waals surface area contributed by atoms with Crippen molar-refractivity contribution < 1.29 is 0 Å². The van der Waals surface area contributed by atoms with Crippen LogP contribution in [0.3, 0.4) is 0 Å². The first kappa shape index (κ1) is 15.6.